The number of nitrogens with zero attached hydrogens (tertiary/aromatic N) is 1. The lowest BCUT2D eigenvalue weighted by molar-refractivity contribution is 0.0148. The summed E-state index contributed by atoms with van der Waals surface area (Å²) >= 11 is 0. The molecule has 2 atom stereocenters. The fourth-order valence-corrected chi connectivity index (χ4v) is 1.22. The SMILES string of the molecule is NCCC(O)C(O)c1ccc(NN)nc1. The number of aliphatic hydroxyl groups excluding tert-OH is 2. The van der Waals surface area contributed by atoms with E-state index in [-0.39, 0.29) is 0 Å². The summed E-state index contributed by atoms with van der Waals surface area (Å²) in [6.07, 6.45) is -0.0288. The highest BCUT2D eigenvalue weighted by atomic mass is 16.3. The second-order valence-corrected chi connectivity index (χ2v) is 3.21. The van der Waals surface area contributed by atoms with Crippen LogP contribution in [0.4, 0.5) is 5.82 Å². The van der Waals surface area contributed by atoms with Crippen LogP contribution in [0, 0.1) is 0 Å². The molecule has 0 aliphatic rings. The standard InChI is InChI=1S/C9H16N4O2/c10-4-3-7(14)9(15)6-1-2-8(13-11)12-5-6/h1-2,5,7,9,14-15H,3-4,10-11H2,(H,12,13). The summed E-state index contributed by atoms with van der Waals surface area (Å²) in [6, 6.07) is 3.26. The molecular weight excluding hydrogens is 196 g/mol. The summed E-state index contributed by atoms with van der Waals surface area (Å²) in [5.41, 5.74) is 8.19. The number of rotatable bonds is 5. The molecule has 0 spiro atoms. The zero-order valence-electron chi connectivity index (χ0n) is 8.30. The second-order valence-electron chi connectivity index (χ2n) is 3.21. The van der Waals surface area contributed by atoms with Gasteiger partial charge in [-0.2, -0.15) is 0 Å². The fourth-order valence-electron chi connectivity index (χ4n) is 1.22. The number of nitrogens with one attached hydrogen (secondary N) is 1. The summed E-state index contributed by atoms with van der Waals surface area (Å²) in [6.45, 7) is 0.327. The normalized spacial score (nSPS) is 14.7. The van der Waals surface area contributed by atoms with Crippen LogP contribution in [0.2, 0.25) is 0 Å². The predicted molar refractivity (Wildman–Crippen MR) is 56.7 cm³/mol. The van der Waals surface area contributed by atoms with E-state index in [1.54, 1.807) is 12.1 Å². The van der Waals surface area contributed by atoms with Gasteiger partial charge in [-0.3, -0.25) is 0 Å². The maximum absolute atomic E-state index is 9.69. The van der Waals surface area contributed by atoms with E-state index < -0.39 is 12.2 Å². The highest BCUT2D eigenvalue weighted by Gasteiger charge is 2.17. The van der Waals surface area contributed by atoms with E-state index in [0.29, 0.717) is 24.3 Å². The van der Waals surface area contributed by atoms with Crippen LogP contribution in [0.5, 0.6) is 0 Å². The van der Waals surface area contributed by atoms with Crippen molar-refractivity contribution in [1.82, 2.24) is 4.98 Å². The molecule has 6 heteroatoms. The van der Waals surface area contributed by atoms with Gasteiger partial charge in [-0.15, -0.1) is 0 Å². The van der Waals surface area contributed by atoms with Gasteiger partial charge in [-0.05, 0) is 19.0 Å². The molecular formula is C9H16N4O2. The van der Waals surface area contributed by atoms with Gasteiger partial charge in [0.05, 0.1) is 6.10 Å². The van der Waals surface area contributed by atoms with Gasteiger partial charge < -0.3 is 21.4 Å². The van der Waals surface area contributed by atoms with Gasteiger partial charge >= 0.3 is 0 Å². The van der Waals surface area contributed by atoms with Crippen LogP contribution < -0.4 is 17.0 Å². The van der Waals surface area contributed by atoms with Gasteiger partial charge in [0.15, 0.2) is 0 Å². The van der Waals surface area contributed by atoms with Crippen LogP contribution in [0.15, 0.2) is 18.3 Å². The molecule has 7 N–H and O–H groups in total. The number of hydrogen-bond acceptors (Lipinski definition) is 6. The van der Waals surface area contributed by atoms with E-state index >= 15 is 0 Å². The number of nitrogen functional groups attached to an aromatic ring is 1. The minimum Gasteiger partial charge on any atom is -0.390 e. The summed E-state index contributed by atoms with van der Waals surface area (Å²) < 4.78 is 0. The summed E-state index contributed by atoms with van der Waals surface area (Å²) in [4.78, 5) is 3.92. The Bertz CT molecular complexity index is 291. The van der Waals surface area contributed by atoms with Crippen molar-refractivity contribution in [3.8, 4) is 0 Å². The Labute approximate surface area is 87.9 Å². The van der Waals surface area contributed by atoms with Crippen molar-refractivity contribution >= 4 is 5.82 Å². The molecule has 0 radical (unpaired) electrons. The van der Waals surface area contributed by atoms with Crippen molar-refractivity contribution < 1.29 is 10.2 Å². The maximum atomic E-state index is 9.69. The second kappa shape index (κ2) is 5.62. The molecule has 6 nitrogen and oxygen atoms in total. The molecule has 0 amide bonds. The number of hydrogen-bond donors (Lipinski definition) is 5. The first-order chi connectivity index (χ1) is 7.19. The van der Waals surface area contributed by atoms with E-state index in [1.165, 1.54) is 6.20 Å². The number of anilines is 1. The van der Waals surface area contributed by atoms with Crippen LogP contribution in [-0.4, -0.2) is 27.8 Å². The van der Waals surface area contributed by atoms with Gasteiger partial charge in [-0.25, -0.2) is 10.8 Å². The molecule has 1 aromatic heterocycles. The van der Waals surface area contributed by atoms with E-state index in [1.807, 2.05) is 0 Å². The predicted octanol–water partition coefficient (Wildman–Crippen LogP) is -0.890. The Hall–Kier alpha value is -1.21. The molecule has 15 heavy (non-hydrogen) atoms. The first-order valence-corrected chi connectivity index (χ1v) is 4.67. The van der Waals surface area contributed by atoms with Crippen molar-refractivity contribution in [3.63, 3.8) is 0 Å². The van der Waals surface area contributed by atoms with Crippen LogP contribution in [-0.2, 0) is 0 Å². The van der Waals surface area contributed by atoms with Gasteiger partial charge in [-0.1, -0.05) is 6.07 Å². The highest BCUT2D eigenvalue weighted by molar-refractivity contribution is 5.34. The Balaban J connectivity index is 2.69. The lowest BCUT2D eigenvalue weighted by Gasteiger charge is -2.17. The molecule has 0 fully saturated rings. The van der Waals surface area contributed by atoms with Gasteiger partial charge in [0.1, 0.15) is 11.9 Å². The Morgan fingerprint density at radius 3 is 2.60 bits per heavy atom. The Morgan fingerprint density at radius 2 is 2.13 bits per heavy atom. The molecule has 1 heterocycles. The van der Waals surface area contributed by atoms with Crippen molar-refractivity contribution in [2.24, 2.45) is 11.6 Å². The minimum absolute atomic E-state index is 0.327. The molecule has 2 unspecified atom stereocenters. The first-order valence-electron chi connectivity index (χ1n) is 4.67. The maximum Gasteiger partial charge on any atom is 0.139 e. The quantitative estimate of drug-likeness (QED) is 0.319. The monoisotopic (exact) mass is 212 g/mol. The molecule has 0 saturated carbocycles. The van der Waals surface area contributed by atoms with E-state index in [0.717, 1.165) is 0 Å². The van der Waals surface area contributed by atoms with Crippen molar-refractivity contribution in [2.45, 2.75) is 18.6 Å². The van der Waals surface area contributed by atoms with E-state index in [2.05, 4.69) is 10.4 Å². The lowest BCUT2D eigenvalue weighted by atomic mass is 10.0. The summed E-state index contributed by atoms with van der Waals surface area (Å²) in [5.74, 6) is 5.64. The zero-order chi connectivity index (χ0) is 11.3. The average Bonchev–Trinajstić information content (AvgIpc) is 2.28. The minimum atomic E-state index is -0.965. The van der Waals surface area contributed by atoms with Crippen LogP contribution >= 0.6 is 0 Å². The molecule has 84 valence electrons. The van der Waals surface area contributed by atoms with E-state index in [9.17, 15) is 10.2 Å². The van der Waals surface area contributed by atoms with Gasteiger partial charge in [0.25, 0.3) is 0 Å². The lowest BCUT2D eigenvalue weighted by Crippen LogP contribution is -2.22. The van der Waals surface area contributed by atoms with Crippen LogP contribution in [0.3, 0.4) is 0 Å². The van der Waals surface area contributed by atoms with E-state index in [4.69, 9.17) is 11.6 Å². The van der Waals surface area contributed by atoms with Gasteiger partial charge in [0.2, 0.25) is 0 Å². The third-order valence-electron chi connectivity index (χ3n) is 2.10. The smallest absolute Gasteiger partial charge is 0.139 e. The van der Waals surface area contributed by atoms with Crippen molar-refractivity contribution in [2.75, 3.05) is 12.0 Å². The van der Waals surface area contributed by atoms with Crippen molar-refractivity contribution in [1.29, 1.82) is 0 Å². The fraction of sp³-hybridized carbons (Fsp3) is 0.444. The first kappa shape index (κ1) is 11.9. The third kappa shape index (κ3) is 3.14. The molecule has 0 aliphatic heterocycles. The number of nitrogens with two attached hydrogens (primary N) is 2. The average molecular weight is 212 g/mol. The van der Waals surface area contributed by atoms with Crippen LogP contribution in [0.25, 0.3) is 0 Å². The molecule has 1 rings (SSSR count). The number of aliphatic hydroxyl groups is 2. The molecule has 0 aromatic carbocycles. The van der Waals surface area contributed by atoms with Gasteiger partial charge in [0, 0.05) is 11.8 Å². The Morgan fingerprint density at radius 1 is 1.40 bits per heavy atom. The molecule has 0 bridgehead atoms. The number of pyridine rings is 1. The summed E-state index contributed by atoms with van der Waals surface area (Å²) in [7, 11) is 0. The summed E-state index contributed by atoms with van der Waals surface area (Å²) in [5, 5.41) is 19.2. The number of hydrazine groups is 1. The largest absolute Gasteiger partial charge is 0.390 e. The zero-order valence-corrected chi connectivity index (χ0v) is 8.30. The number of aromatic nitrogens is 1. The third-order valence-corrected chi connectivity index (χ3v) is 2.10. The van der Waals surface area contributed by atoms with Crippen LogP contribution in [0.1, 0.15) is 18.1 Å². The molecule has 0 aliphatic carbocycles. The van der Waals surface area contributed by atoms with Crippen molar-refractivity contribution in [3.05, 3.63) is 23.9 Å². The topological polar surface area (TPSA) is 117 Å². The molecule has 1 aromatic rings. The Kier molecular flexibility index (Phi) is 4.44. The highest BCUT2D eigenvalue weighted by Crippen LogP contribution is 2.18. The molecule has 0 saturated heterocycles.